The first-order valence-corrected chi connectivity index (χ1v) is 7.67. The van der Waals surface area contributed by atoms with Crippen LogP contribution in [-0.4, -0.2) is 44.3 Å². The van der Waals surface area contributed by atoms with Gasteiger partial charge in [0.25, 0.3) is 5.91 Å². The summed E-state index contributed by atoms with van der Waals surface area (Å²) in [6.45, 7) is 3.58. The minimum atomic E-state index is -0.802. The van der Waals surface area contributed by atoms with Crippen LogP contribution in [0.15, 0.2) is 12.4 Å². The zero-order chi connectivity index (χ0) is 15.2. The fourth-order valence-corrected chi connectivity index (χ4v) is 2.85. The number of aromatic nitrogens is 2. The number of hydrogen-bond donors (Lipinski definition) is 1. The number of rotatable bonds is 6. The van der Waals surface area contributed by atoms with Crippen LogP contribution in [-0.2, 0) is 11.3 Å². The molecule has 1 N–H and O–H groups in total. The molecule has 2 rings (SSSR count). The zero-order valence-corrected chi connectivity index (χ0v) is 12.5. The van der Waals surface area contributed by atoms with Gasteiger partial charge in [-0.25, -0.2) is 0 Å². The van der Waals surface area contributed by atoms with Crippen LogP contribution in [0.1, 0.15) is 55.8 Å². The molecule has 2 heterocycles. The Morgan fingerprint density at radius 2 is 2.24 bits per heavy atom. The van der Waals surface area contributed by atoms with Crippen LogP contribution in [0, 0.1) is 0 Å². The molecule has 6 heteroatoms. The van der Waals surface area contributed by atoms with Gasteiger partial charge in [-0.2, -0.15) is 5.10 Å². The Labute approximate surface area is 124 Å². The molecule has 0 radical (unpaired) electrons. The van der Waals surface area contributed by atoms with Crippen molar-refractivity contribution in [1.29, 1.82) is 0 Å². The van der Waals surface area contributed by atoms with Crippen LogP contribution in [0.25, 0.3) is 0 Å². The quantitative estimate of drug-likeness (QED) is 0.872. The number of nitrogens with zero attached hydrogens (tertiary/aromatic N) is 3. The molecular formula is C15H23N3O3. The standard InChI is InChI=1S/C15H23N3O3/c1-2-8-17-11-12(10-16-17)15(21)18-9-4-3-5-13(18)6-7-14(19)20/h10-11,13H,2-9H2,1H3,(H,19,20). The maximum atomic E-state index is 12.6. The van der Waals surface area contributed by atoms with Crippen molar-refractivity contribution in [2.45, 2.75) is 58.0 Å². The van der Waals surface area contributed by atoms with Gasteiger partial charge in [-0.3, -0.25) is 14.3 Å². The molecule has 6 nitrogen and oxygen atoms in total. The highest BCUT2D eigenvalue weighted by molar-refractivity contribution is 5.94. The van der Waals surface area contributed by atoms with Crippen molar-refractivity contribution < 1.29 is 14.7 Å². The van der Waals surface area contributed by atoms with Crippen LogP contribution in [0.2, 0.25) is 0 Å². The average Bonchev–Trinajstić information content (AvgIpc) is 2.94. The van der Waals surface area contributed by atoms with E-state index in [4.69, 9.17) is 5.11 Å². The summed E-state index contributed by atoms with van der Waals surface area (Å²) in [6, 6.07) is 0.0388. The van der Waals surface area contributed by atoms with Crippen LogP contribution < -0.4 is 0 Å². The number of carbonyl (C=O) groups excluding carboxylic acids is 1. The highest BCUT2D eigenvalue weighted by atomic mass is 16.4. The van der Waals surface area contributed by atoms with E-state index in [2.05, 4.69) is 12.0 Å². The van der Waals surface area contributed by atoms with E-state index < -0.39 is 5.97 Å². The Balaban J connectivity index is 2.04. The number of aliphatic carboxylic acids is 1. The summed E-state index contributed by atoms with van der Waals surface area (Å²) in [4.78, 5) is 25.2. The van der Waals surface area contributed by atoms with E-state index in [9.17, 15) is 9.59 Å². The number of piperidine rings is 1. The first-order chi connectivity index (χ1) is 10.1. The highest BCUT2D eigenvalue weighted by Crippen LogP contribution is 2.23. The predicted molar refractivity (Wildman–Crippen MR) is 78.1 cm³/mol. The monoisotopic (exact) mass is 293 g/mol. The van der Waals surface area contributed by atoms with E-state index >= 15 is 0 Å². The van der Waals surface area contributed by atoms with Crippen LogP contribution in [0.5, 0.6) is 0 Å². The number of carboxylic acid groups (broad SMARTS) is 1. The van der Waals surface area contributed by atoms with Gasteiger partial charge < -0.3 is 10.0 Å². The summed E-state index contributed by atoms with van der Waals surface area (Å²) < 4.78 is 1.78. The first-order valence-electron chi connectivity index (χ1n) is 7.67. The van der Waals surface area contributed by atoms with Crippen LogP contribution >= 0.6 is 0 Å². The number of carboxylic acids is 1. The van der Waals surface area contributed by atoms with Gasteiger partial charge in [0.1, 0.15) is 0 Å². The molecule has 0 bridgehead atoms. The largest absolute Gasteiger partial charge is 0.481 e. The summed E-state index contributed by atoms with van der Waals surface area (Å²) >= 11 is 0. The second kappa shape index (κ2) is 7.24. The summed E-state index contributed by atoms with van der Waals surface area (Å²) in [7, 11) is 0. The molecule has 116 valence electrons. The number of aryl methyl sites for hydroxylation is 1. The first kappa shape index (κ1) is 15.5. The third kappa shape index (κ3) is 4.06. The van der Waals surface area contributed by atoms with Crippen LogP contribution in [0.4, 0.5) is 0 Å². The number of carbonyl (C=O) groups is 2. The molecule has 1 saturated heterocycles. The molecule has 1 amide bonds. The Hall–Kier alpha value is -1.85. The fourth-order valence-electron chi connectivity index (χ4n) is 2.85. The molecule has 21 heavy (non-hydrogen) atoms. The van der Waals surface area contributed by atoms with Crippen molar-refractivity contribution in [2.75, 3.05) is 6.54 Å². The Morgan fingerprint density at radius 1 is 1.43 bits per heavy atom. The Morgan fingerprint density at radius 3 is 2.95 bits per heavy atom. The fraction of sp³-hybridized carbons (Fsp3) is 0.667. The van der Waals surface area contributed by atoms with Crippen molar-refractivity contribution in [3.63, 3.8) is 0 Å². The predicted octanol–water partition coefficient (Wildman–Crippen LogP) is 2.15. The molecule has 1 aliphatic heterocycles. The van der Waals surface area contributed by atoms with Gasteiger partial charge in [-0.15, -0.1) is 0 Å². The van der Waals surface area contributed by atoms with Crippen molar-refractivity contribution in [3.8, 4) is 0 Å². The Kier molecular flexibility index (Phi) is 5.36. The van der Waals surface area contributed by atoms with E-state index in [1.165, 1.54) is 0 Å². The molecule has 0 saturated carbocycles. The van der Waals surface area contributed by atoms with Crippen molar-refractivity contribution >= 4 is 11.9 Å². The molecule has 1 aromatic rings. The van der Waals surface area contributed by atoms with Gasteiger partial charge in [-0.05, 0) is 32.1 Å². The second-order valence-electron chi connectivity index (χ2n) is 5.57. The minimum Gasteiger partial charge on any atom is -0.481 e. The van der Waals surface area contributed by atoms with Gasteiger partial charge in [0, 0.05) is 31.7 Å². The molecule has 1 fully saturated rings. The lowest BCUT2D eigenvalue weighted by molar-refractivity contribution is -0.137. The van der Waals surface area contributed by atoms with E-state index in [0.717, 1.165) is 32.2 Å². The van der Waals surface area contributed by atoms with E-state index in [1.807, 2.05) is 4.90 Å². The lowest BCUT2D eigenvalue weighted by Crippen LogP contribution is -2.43. The van der Waals surface area contributed by atoms with Gasteiger partial charge in [-0.1, -0.05) is 6.92 Å². The third-order valence-electron chi connectivity index (χ3n) is 3.91. The number of hydrogen-bond acceptors (Lipinski definition) is 3. The second-order valence-corrected chi connectivity index (χ2v) is 5.57. The normalized spacial score (nSPS) is 18.7. The van der Waals surface area contributed by atoms with Gasteiger partial charge in [0.2, 0.25) is 0 Å². The molecule has 0 aromatic carbocycles. The molecular weight excluding hydrogens is 270 g/mol. The zero-order valence-electron chi connectivity index (χ0n) is 12.5. The lowest BCUT2D eigenvalue weighted by Gasteiger charge is -2.35. The van der Waals surface area contributed by atoms with E-state index in [0.29, 0.717) is 18.5 Å². The van der Waals surface area contributed by atoms with Crippen molar-refractivity contribution in [3.05, 3.63) is 18.0 Å². The molecule has 1 aliphatic rings. The van der Waals surface area contributed by atoms with E-state index in [1.54, 1.807) is 17.1 Å². The molecule has 0 spiro atoms. The van der Waals surface area contributed by atoms with Crippen molar-refractivity contribution in [1.82, 2.24) is 14.7 Å². The average molecular weight is 293 g/mol. The third-order valence-corrected chi connectivity index (χ3v) is 3.91. The summed E-state index contributed by atoms with van der Waals surface area (Å²) in [5.41, 5.74) is 0.602. The van der Waals surface area contributed by atoms with Gasteiger partial charge >= 0.3 is 5.97 Å². The molecule has 1 aromatic heterocycles. The topological polar surface area (TPSA) is 75.4 Å². The molecule has 1 unspecified atom stereocenters. The SMILES string of the molecule is CCCn1cc(C(=O)N2CCCCC2CCC(=O)O)cn1. The lowest BCUT2D eigenvalue weighted by atomic mass is 9.97. The molecule has 1 atom stereocenters. The maximum Gasteiger partial charge on any atom is 0.303 e. The summed E-state index contributed by atoms with van der Waals surface area (Å²) in [6.07, 6.45) is 7.95. The highest BCUT2D eigenvalue weighted by Gasteiger charge is 2.28. The maximum absolute atomic E-state index is 12.6. The van der Waals surface area contributed by atoms with Crippen molar-refractivity contribution in [2.24, 2.45) is 0 Å². The summed E-state index contributed by atoms with van der Waals surface area (Å²) in [5, 5.41) is 13.0. The smallest absolute Gasteiger partial charge is 0.303 e. The minimum absolute atomic E-state index is 0.0209. The van der Waals surface area contributed by atoms with Gasteiger partial charge in [0.15, 0.2) is 0 Å². The van der Waals surface area contributed by atoms with Gasteiger partial charge in [0.05, 0.1) is 11.8 Å². The van der Waals surface area contributed by atoms with Crippen LogP contribution in [0.3, 0.4) is 0 Å². The Bertz CT molecular complexity index is 498. The summed E-state index contributed by atoms with van der Waals surface area (Å²) in [5.74, 6) is -0.823. The number of likely N-dealkylation sites (tertiary alicyclic amines) is 1. The van der Waals surface area contributed by atoms with E-state index in [-0.39, 0.29) is 18.4 Å². The molecule has 0 aliphatic carbocycles. The number of amides is 1.